The van der Waals surface area contributed by atoms with Gasteiger partial charge in [-0.25, -0.2) is 8.42 Å². The molecule has 0 unspecified atom stereocenters. The second-order valence-electron chi connectivity index (χ2n) is 7.23. The lowest BCUT2D eigenvalue weighted by Gasteiger charge is -2.12. The summed E-state index contributed by atoms with van der Waals surface area (Å²) in [5.74, 6) is -0.413. The summed E-state index contributed by atoms with van der Waals surface area (Å²) >= 11 is 0. The topological polar surface area (TPSA) is 72.5 Å². The SMILES string of the molecule is O=C(Nc1ccc(S(=O)(=O)C2CCCC2)cc1)c1ccc(COCC(F)(F)F)cc1. The first-order chi connectivity index (χ1) is 14.1. The summed E-state index contributed by atoms with van der Waals surface area (Å²) < 4.78 is 66.0. The van der Waals surface area contributed by atoms with Crippen LogP contribution in [0.25, 0.3) is 0 Å². The molecule has 0 atom stereocenters. The Morgan fingerprint density at radius 2 is 1.60 bits per heavy atom. The number of hydrogen-bond donors (Lipinski definition) is 1. The van der Waals surface area contributed by atoms with Crippen LogP contribution in [0.4, 0.5) is 18.9 Å². The fraction of sp³-hybridized carbons (Fsp3) is 0.381. The maximum Gasteiger partial charge on any atom is 0.411 e. The first-order valence-corrected chi connectivity index (χ1v) is 11.1. The molecule has 1 N–H and O–H groups in total. The smallest absolute Gasteiger partial charge is 0.367 e. The van der Waals surface area contributed by atoms with Crippen molar-refractivity contribution >= 4 is 21.4 Å². The number of amides is 1. The number of carbonyl (C=O) groups is 1. The van der Waals surface area contributed by atoms with Gasteiger partial charge in [0.2, 0.25) is 0 Å². The molecule has 1 amide bonds. The number of benzene rings is 2. The summed E-state index contributed by atoms with van der Waals surface area (Å²) in [7, 11) is -3.35. The van der Waals surface area contributed by atoms with Gasteiger partial charge in [-0.05, 0) is 54.8 Å². The fourth-order valence-electron chi connectivity index (χ4n) is 3.36. The Balaban J connectivity index is 1.58. The van der Waals surface area contributed by atoms with E-state index >= 15 is 0 Å². The Morgan fingerprint density at radius 1 is 1.00 bits per heavy atom. The first-order valence-electron chi connectivity index (χ1n) is 9.54. The Kier molecular flexibility index (Phi) is 6.82. The van der Waals surface area contributed by atoms with Gasteiger partial charge < -0.3 is 10.1 Å². The predicted molar refractivity (Wildman–Crippen MR) is 106 cm³/mol. The van der Waals surface area contributed by atoms with Gasteiger partial charge >= 0.3 is 6.18 Å². The number of ether oxygens (including phenoxy) is 1. The van der Waals surface area contributed by atoms with Crippen LogP contribution in [0.3, 0.4) is 0 Å². The monoisotopic (exact) mass is 441 g/mol. The van der Waals surface area contributed by atoms with Crippen LogP contribution in [0.5, 0.6) is 0 Å². The average Bonchev–Trinajstić information content (AvgIpc) is 3.24. The molecule has 2 aromatic rings. The second-order valence-corrected chi connectivity index (χ2v) is 9.46. The van der Waals surface area contributed by atoms with Crippen molar-refractivity contribution in [3.8, 4) is 0 Å². The summed E-state index contributed by atoms with van der Waals surface area (Å²) in [5.41, 5.74) is 1.28. The van der Waals surface area contributed by atoms with Gasteiger partial charge in [0.25, 0.3) is 5.91 Å². The number of anilines is 1. The quantitative estimate of drug-likeness (QED) is 0.674. The number of sulfone groups is 1. The molecule has 1 saturated carbocycles. The highest BCUT2D eigenvalue weighted by Crippen LogP contribution is 2.30. The van der Waals surface area contributed by atoms with E-state index in [9.17, 15) is 26.4 Å². The lowest BCUT2D eigenvalue weighted by atomic mass is 10.1. The lowest BCUT2D eigenvalue weighted by Crippen LogP contribution is -2.18. The van der Waals surface area contributed by atoms with Crippen molar-refractivity contribution in [1.29, 1.82) is 0 Å². The molecular weight excluding hydrogens is 419 g/mol. The van der Waals surface area contributed by atoms with Crippen LogP contribution in [-0.4, -0.2) is 32.4 Å². The van der Waals surface area contributed by atoms with Crippen LogP contribution in [0, 0.1) is 0 Å². The molecule has 0 radical (unpaired) electrons. The molecular formula is C21H22F3NO4S. The molecule has 0 aromatic heterocycles. The zero-order valence-electron chi connectivity index (χ0n) is 16.1. The lowest BCUT2D eigenvalue weighted by molar-refractivity contribution is -0.176. The van der Waals surface area contributed by atoms with Crippen molar-refractivity contribution in [3.05, 3.63) is 59.7 Å². The minimum absolute atomic E-state index is 0.210. The van der Waals surface area contributed by atoms with Gasteiger partial charge in [-0.2, -0.15) is 13.2 Å². The molecule has 1 aliphatic rings. The highest BCUT2D eigenvalue weighted by Gasteiger charge is 2.30. The Labute approximate surface area is 173 Å². The minimum atomic E-state index is -4.38. The fourth-order valence-corrected chi connectivity index (χ4v) is 5.21. The van der Waals surface area contributed by atoms with E-state index in [1.165, 1.54) is 36.4 Å². The van der Waals surface area contributed by atoms with Crippen molar-refractivity contribution in [2.24, 2.45) is 0 Å². The minimum Gasteiger partial charge on any atom is -0.367 e. The number of rotatable bonds is 7. The molecule has 3 rings (SSSR count). The highest BCUT2D eigenvalue weighted by molar-refractivity contribution is 7.92. The molecule has 0 bridgehead atoms. The van der Waals surface area contributed by atoms with Crippen molar-refractivity contribution in [3.63, 3.8) is 0 Å². The molecule has 2 aromatic carbocycles. The number of nitrogens with one attached hydrogen (secondary N) is 1. The molecule has 0 aliphatic heterocycles. The van der Waals surface area contributed by atoms with Crippen molar-refractivity contribution in [2.45, 2.75) is 48.6 Å². The number of hydrogen-bond acceptors (Lipinski definition) is 4. The van der Waals surface area contributed by atoms with Crippen LogP contribution in [0.1, 0.15) is 41.6 Å². The first kappa shape index (κ1) is 22.3. The van der Waals surface area contributed by atoms with Crippen LogP contribution in [0.15, 0.2) is 53.4 Å². The van der Waals surface area contributed by atoms with E-state index in [4.69, 9.17) is 0 Å². The van der Waals surface area contributed by atoms with Gasteiger partial charge in [0.05, 0.1) is 16.8 Å². The van der Waals surface area contributed by atoms with Gasteiger partial charge in [0, 0.05) is 11.3 Å². The maximum atomic E-state index is 12.6. The summed E-state index contributed by atoms with van der Waals surface area (Å²) in [5, 5.41) is 2.34. The van der Waals surface area contributed by atoms with E-state index in [1.807, 2.05) is 0 Å². The third-order valence-electron chi connectivity index (χ3n) is 4.93. The van der Waals surface area contributed by atoms with Crippen molar-refractivity contribution in [1.82, 2.24) is 0 Å². The molecule has 0 saturated heterocycles. The van der Waals surface area contributed by atoms with E-state index in [0.717, 1.165) is 12.8 Å². The average molecular weight is 441 g/mol. The van der Waals surface area contributed by atoms with Gasteiger partial charge in [0.1, 0.15) is 6.61 Å². The Morgan fingerprint density at radius 3 is 2.17 bits per heavy atom. The highest BCUT2D eigenvalue weighted by atomic mass is 32.2. The summed E-state index contributed by atoms with van der Waals surface area (Å²) in [6, 6.07) is 12.1. The molecule has 0 spiro atoms. The molecule has 1 fully saturated rings. The van der Waals surface area contributed by atoms with E-state index in [2.05, 4.69) is 10.1 Å². The summed E-state index contributed by atoms with van der Waals surface area (Å²) in [6.07, 6.45) is -1.18. The van der Waals surface area contributed by atoms with Crippen LogP contribution in [-0.2, 0) is 21.2 Å². The van der Waals surface area contributed by atoms with Crippen LogP contribution >= 0.6 is 0 Å². The molecule has 5 nitrogen and oxygen atoms in total. The van der Waals surface area contributed by atoms with Crippen molar-refractivity contribution < 1.29 is 31.1 Å². The van der Waals surface area contributed by atoms with Crippen LogP contribution < -0.4 is 5.32 Å². The number of halogens is 3. The molecule has 0 heterocycles. The molecule has 9 heteroatoms. The third-order valence-corrected chi connectivity index (χ3v) is 7.21. The van der Waals surface area contributed by atoms with Crippen molar-refractivity contribution in [2.75, 3.05) is 11.9 Å². The molecule has 30 heavy (non-hydrogen) atoms. The van der Waals surface area contributed by atoms with E-state index in [1.54, 1.807) is 12.1 Å². The Hall–Kier alpha value is -2.39. The summed E-state index contributed by atoms with van der Waals surface area (Å²) in [6.45, 7) is -1.54. The standard InChI is InChI=1S/C21H22F3NO4S/c22-21(23,24)14-29-13-15-5-7-16(8-6-15)20(26)25-17-9-11-19(12-10-17)30(27,28)18-3-1-2-4-18/h5-12,18H,1-4,13-14H2,(H,25,26). The van der Waals surface area contributed by atoms with E-state index in [0.29, 0.717) is 29.7 Å². The van der Waals surface area contributed by atoms with Gasteiger partial charge in [-0.15, -0.1) is 0 Å². The zero-order chi connectivity index (χ0) is 21.8. The van der Waals surface area contributed by atoms with Gasteiger partial charge in [0.15, 0.2) is 9.84 Å². The largest absolute Gasteiger partial charge is 0.411 e. The second kappa shape index (κ2) is 9.18. The normalized spacial score (nSPS) is 15.3. The van der Waals surface area contributed by atoms with E-state index < -0.39 is 28.5 Å². The Bertz CT molecular complexity index is 965. The zero-order valence-corrected chi connectivity index (χ0v) is 16.9. The van der Waals surface area contributed by atoms with Crippen LogP contribution in [0.2, 0.25) is 0 Å². The third kappa shape index (κ3) is 5.82. The van der Waals surface area contributed by atoms with E-state index in [-0.39, 0.29) is 16.8 Å². The number of carbonyl (C=O) groups excluding carboxylic acids is 1. The van der Waals surface area contributed by atoms with Gasteiger partial charge in [-0.1, -0.05) is 25.0 Å². The maximum absolute atomic E-state index is 12.6. The number of alkyl halides is 3. The summed E-state index contributed by atoms with van der Waals surface area (Å²) in [4.78, 5) is 12.6. The predicted octanol–water partition coefficient (Wildman–Crippen LogP) is 4.73. The molecule has 162 valence electrons. The molecule has 1 aliphatic carbocycles. The van der Waals surface area contributed by atoms with Gasteiger partial charge in [-0.3, -0.25) is 4.79 Å².